The van der Waals surface area contributed by atoms with Gasteiger partial charge in [-0.25, -0.2) is 13.1 Å². The van der Waals surface area contributed by atoms with Crippen LogP contribution in [0.15, 0.2) is 29.2 Å². The average Bonchev–Trinajstić information content (AvgIpc) is 2.49. The molecule has 1 aliphatic rings. The van der Waals surface area contributed by atoms with Crippen molar-refractivity contribution in [3.05, 3.63) is 29.3 Å². The van der Waals surface area contributed by atoms with Crippen molar-refractivity contribution in [1.29, 1.82) is 0 Å². The summed E-state index contributed by atoms with van der Waals surface area (Å²) < 4.78 is 33.1. The molecule has 0 saturated carbocycles. The lowest BCUT2D eigenvalue weighted by atomic mass is 9.98. The van der Waals surface area contributed by atoms with Gasteiger partial charge in [0.25, 0.3) is 0 Å². The van der Waals surface area contributed by atoms with E-state index in [1.165, 1.54) is 24.3 Å². The van der Waals surface area contributed by atoms with Gasteiger partial charge in [-0.1, -0.05) is 11.6 Å². The Morgan fingerprint density at radius 1 is 1.32 bits per heavy atom. The molecule has 22 heavy (non-hydrogen) atoms. The summed E-state index contributed by atoms with van der Waals surface area (Å²) in [6.45, 7) is 0.263. The van der Waals surface area contributed by atoms with Crippen molar-refractivity contribution in [3.63, 3.8) is 0 Å². The SMILES string of the molecule is NCC[C@@H]1CC[C@@H](NS(=O)(=O)c2ccc(Cl)cc2)[C@H](CO)O1. The minimum Gasteiger partial charge on any atom is -0.394 e. The van der Waals surface area contributed by atoms with Gasteiger partial charge in [-0.15, -0.1) is 0 Å². The molecule has 8 heteroatoms. The third-order valence-corrected chi connectivity index (χ3v) is 5.47. The van der Waals surface area contributed by atoms with Gasteiger partial charge >= 0.3 is 0 Å². The van der Waals surface area contributed by atoms with E-state index in [2.05, 4.69) is 4.72 Å². The number of nitrogens with one attached hydrogen (secondary N) is 1. The number of rotatable bonds is 6. The summed E-state index contributed by atoms with van der Waals surface area (Å²) in [6.07, 6.45) is 1.42. The molecule has 1 aliphatic heterocycles. The number of nitrogens with two attached hydrogens (primary N) is 1. The van der Waals surface area contributed by atoms with Gasteiger partial charge in [-0.3, -0.25) is 0 Å². The molecular weight excluding hydrogens is 328 g/mol. The van der Waals surface area contributed by atoms with Crippen LogP contribution in [0.3, 0.4) is 0 Å². The lowest BCUT2D eigenvalue weighted by molar-refractivity contribution is -0.0867. The van der Waals surface area contributed by atoms with Gasteiger partial charge in [0.15, 0.2) is 0 Å². The molecule has 1 aromatic rings. The Bertz CT molecular complexity index is 579. The molecular formula is C14H21ClN2O4S. The van der Waals surface area contributed by atoms with Crippen LogP contribution < -0.4 is 10.5 Å². The monoisotopic (exact) mass is 348 g/mol. The molecule has 0 aliphatic carbocycles. The fourth-order valence-electron chi connectivity index (χ4n) is 2.55. The van der Waals surface area contributed by atoms with Crippen LogP contribution in [0, 0.1) is 0 Å². The number of sulfonamides is 1. The molecule has 0 spiro atoms. The summed E-state index contributed by atoms with van der Waals surface area (Å²) in [7, 11) is -3.67. The van der Waals surface area contributed by atoms with E-state index in [1.807, 2.05) is 0 Å². The third kappa shape index (κ3) is 4.41. The Balaban J connectivity index is 2.07. The molecule has 3 atom stereocenters. The normalized spacial score (nSPS) is 26.0. The fourth-order valence-corrected chi connectivity index (χ4v) is 3.97. The highest BCUT2D eigenvalue weighted by Crippen LogP contribution is 2.23. The van der Waals surface area contributed by atoms with Crippen LogP contribution in [0.1, 0.15) is 19.3 Å². The summed E-state index contributed by atoms with van der Waals surface area (Å²) in [5, 5.41) is 9.91. The highest BCUT2D eigenvalue weighted by Gasteiger charge is 2.33. The minimum absolute atomic E-state index is 0.0292. The Morgan fingerprint density at radius 2 is 2.00 bits per heavy atom. The molecule has 1 aromatic carbocycles. The van der Waals surface area contributed by atoms with Gasteiger partial charge in [0.1, 0.15) is 0 Å². The molecule has 0 unspecified atom stereocenters. The first-order valence-corrected chi connectivity index (χ1v) is 9.06. The molecule has 1 heterocycles. The molecule has 0 amide bonds. The van der Waals surface area contributed by atoms with Crippen LogP contribution in [0.2, 0.25) is 5.02 Å². The van der Waals surface area contributed by atoms with Crippen LogP contribution in [-0.4, -0.2) is 44.9 Å². The summed E-state index contributed by atoms with van der Waals surface area (Å²) in [4.78, 5) is 0.137. The minimum atomic E-state index is -3.67. The number of aliphatic hydroxyl groups excluding tert-OH is 1. The van der Waals surface area contributed by atoms with Crippen molar-refractivity contribution in [2.45, 2.75) is 42.4 Å². The molecule has 6 nitrogen and oxygen atoms in total. The van der Waals surface area contributed by atoms with Gasteiger partial charge in [0.05, 0.1) is 29.8 Å². The second-order valence-corrected chi connectivity index (χ2v) is 7.47. The Morgan fingerprint density at radius 3 is 2.59 bits per heavy atom. The standard InChI is InChI=1S/C14H21ClN2O4S/c15-10-1-4-12(5-2-10)22(19,20)17-13-6-3-11(7-8-16)21-14(13)9-18/h1-2,4-5,11,13-14,17-18H,3,6-9,16H2/t11-,13+,14-/m0/s1. The van der Waals surface area contributed by atoms with E-state index in [9.17, 15) is 13.5 Å². The molecule has 1 saturated heterocycles. The van der Waals surface area contributed by atoms with E-state index in [-0.39, 0.29) is 17.6 Å². The smallest absolute Gasteiger partial charge is 0.240 e. The number of hydrogen-bond donors (Lipinski definition) is 3. The number of aliphatic hydroxyl groups is 1. The van der Waals surface area contributed by atoms with Gasteiger partial charge in [-0.05, 0) is 50.1 Å². The third-order valence-electron chi connectivity index (χ3n) is 3.71. The van der Waals surface area contributed by atoms with Gasteiger partial charge in [0, 0.05) is 5.02 Å². The van der Waals surface area contributed by atoms with E-state index in [1.54, 1.807) is 0 Å². The molecule has 0 radical (unpaired) electrons. The summed E-state index contributed by atoms with van der Waals surface area (Å²) in [6, 6.07) is 5.47. The topological polar surface area (TPSA) is 102 Å². The number of halogens is 1. The van der Waals surface area contributed by atoms with Crippen LogP contribution >= 0.6 is 11.6 Å². The predicted molar refractivity (Wildman–Crippen MR) is 84.2 cm³/mol. The second-order valence-electron chi connectivity index (χ2n) is 5.32. The van der Waals surface area contributed by atoms with E-state index in [0.717, 1.165) is 0 Å². The van der Waals surface area contributed by atoms with Crippen LogP contribution in [0.25, 0.3) is 0 Å². The maximum absolute atomic E-state index is 12.4. The zero-order valence-electron chi connectivity index (χ0n) is 12.1. The molecule has 124 valence electrons. The molecule has 0 bridgehead atoms. The number of benzene rings is 1. The number of ether oxygens (including phenoxy) is 1. The first-order valence-electron chi connectivity index (χ1n) is 7.20. The average molecular weight is 349 g/mol. The highest BCUT2D eigenvalue weighted by atomic mass is 35.5. The molecule has 1 fully saturated rings. The Hall–Kier alpha value is -0.700. The van der Waals surface area contributed by atoms with Gasteiger partial charge < -0.3 is 15.6 Å². The maximum atomic E-state index is 12.4. The first kappa shape index (κ1) is 17.7. The van der Waals surface area contributed by atoms with Crippen LogP contribution in [0.4, 0.5) is 0 Å². The lowest BCUT2D eigenvalue weighted by Crippen LogP contribution is -2.51. The van der Waals surface area contributed by atoms with Crippen molar-refractivity contribution in [1.82, 2.24) is 4.72 Å². The van der Waals surface area contributed by atoms with Gasteiger partial charge in [-0.2, -0.15) is 0 Å². The summed E-state index contributed by atoms with van der Waals surface area (Å²) in [5.41, 5.74) is 5.51. The first-order chi connectivity index (χ1) is 10.5. The molecule has 0 aromatic heterocycles. The lowest BCUT2D eigenvalue weighted by Gasteiger charge is -2.35. The largest absolute Gasteiger partial charge is 0.394 e. The van der Waals surface area contributed by atoms with E-state index in [4.69, 9.17) is 22.1 Å². The Labute approximate surface area is 135 Å². The van der Waals surface area contributed by atoms with Crippen molar-refractivity contribution in [3.8, 4) is 0 Å². The van der Waals surface area contributed by atoms with Crippen molar-refractivity contribution in [2.24, 2.45) is 5.73 Å². The molecule has 4 N–H and O–H groups in total. The van der Waals surface area contributed by atoms with E-state index >= 15 is 0 Å². The predicted octanol–water partition coefficient (Wildman–Crippen LogP) is 0.876. The van der Waals surface area contributed by atoms with E-state index < -0.39 is 22.2 Å². The van der Waals surface area contributed by atoms with E-state index in [0.29, 0.717) is 30.8 Å². The van der Waals surface area contributed by atoms with Crippen LogP contribution in [0.5, 0.6) is 0 Å². The fraction of sp³-hybridized carbons (Fsp3) is 0.571. The maximum Gasteiger partial charge on any atom is 0.240 e. The Kier molecular flexibility index (Phi) is 6.19. The zero-order chi connectivity index (χ0) is 16.2. The molecule has 2 rings (SSSR count). The second kappa shape index (κ2) is 7.72. The van der Waals surface area contributed by atoms with Gasteiger partial charge in [0.2, 0.25) is 10.0 Å². The van der Waals surface area contributed by atoms with Crippen molar-refractivity contribution in [2.75, 3.05) is 13.2 Å². The zero-order valence-corrected chi connectivity index (χ0v) is 13.7. The van der Waals surface area contributed by atoms with Crippen LogP contribution in [-0.2, 0) is 14.8 Å². The van der Waals surface area contributed by atoms with Crippen molar-refractivity contribution >= 4 is 21.6 Å². The summed E-state index contributed by atoms with van der Waals surface area (Å²) >= 11 is 5.77. The van der Waals surface area contributed by atoms with Crippen molar-refractivity contribution < 1.29 is 18.3 Å². The number of hydrogen-bond acceptors (Lipinski definition) is 5. The highest BCUT2D eigenvalue weighted by molar-refractivity contribution is 7.89. The summed E-state index contributed by atoms with van der Waals surface area (Å²) in [5.74, 6) is 0. The quantitative estimate of drug-likeness (QED) is 0.708.